The van der Waals surface area contributed by atoms with Crippen molar-refractivity contribution in [3.8, 4) is 0 Å². The highest BCUT2D eigenvalue weighted by molar-refractivity contribution is 6.06. The Kier molecular flexibility index (Phi) is 3.97. The van der Waals surface area contributed by atoms with Crippen LogP contribution in [0.3, 0.4) is 0 Å². The number of rotatable bonds is 3. The number of hydrogen-bond acceptors (Lipinski definition) is 5. The van der Waals surface area contributed by atoms with E-state index in [4.69, 9.17) is 4.42 Å². The fraction of sp³-hybridized carbons (Fsp3) is 0.389. The molecule has 0 aliphatic carbocycles. The van der Waals surface area contributed by atoms with Crippen LogP contribution in [0, 0.1) is 0 Å². The summed E-state index contributed by atoms with van der Waals surface area (Å²) in [6, 6.07) is 6.02. The molecule has 1 aliphatic heterocycles. The number of aromatic nitrogens is 2. The number of aliphatic carboxylic acids is 1. The Bertz CT molecular complexity index is 1030. The molecule has 2 atom stereocenters. The number of carbonyl (C=O) groups is 1. The largest absolute Gasteiger partial charge is 0.480 e. The van der Waals surface area contributed by atoms with Gasteiger partial charge in [-0.3, -0.25) is 0 Å². The average Bonchev–Trinajstić information content (AvgIpc) is 3.24. The zero-order valence-corrected chi connectivity index (χ0v) is 14.3. The molecular formula is C18H16F3N3O3. The zero-order valence-electron chi connectivity index (χ0n) is 14.3. The Labute approximate surface area is 151 Å². The van der Waals surface area contributed by atoms with Gasteiger partial charge in [0.15, 0.2) is 11.4 Å². The van der Waals surface area contributed by atoms with Crippen molar-refractivity contribution in [3.05, 3.63) is 30.1 Å². The highest BCUT2D eigenvalue weighted by Crippen LogP contribution is 2.39. The van der Waals surface area contributed by atoms with Gasteiger partial charge >= 0.3 is 12.1 Å². The Morgan fingerprint density at radius 3 is 2.78 bits per heavy atom. The topological polar surface area (TPSA) is 79.5 Å². The molecule has 2 unspecified atom stereocenters. The lowest BCUT2D eigenvalue weighted by Gasteiger charge is -2.24. The molecule has 27 heavy (non-hydrogen) atoms. The van der Waals surface area contributed by atoms with Gasteiger partial charge in [0, 0.05) is 11.9 Å². The fourth-order valence-electron chi connectivity index (χ4n) is 3.40. The van der Waals surface area contributed by atoms with E-state index < -0.39 is 29.9 Å². The molecule has 1 N–H and O–H groups in total. The summed E-state index contributed by atoms with van der Waals surface area (Å²) in [5.74, 6) is -3.22. The molecule has 1 aromatic carbocycles. The first-order valence-electron chi connectivity index (χ1n) is 8.52. The van der Waals surface area contributed by atoms with Crippen LogP contribution in [-0.2, 0) is 4.79 Å². The fourth-order valence-corrected chi connectivity index (χ4v) is 3.40. The second-order valence-corrected chi connectivity index (χ2v) is 6.63. The summed E-state index contributed by atoms with van der Waals surface area (Å²) in [5.41, 5.74) is 0.936. The lowest BCUT2D eigenvalue weighted by Crippen LogP contribution is -2.37. The predicted molar refractivity (Wildman–Crippen MR) is 91.8 cm³/mol. The Morgan fingerprint density at radius 1 is 1.33 bits per heavy atom. The van der Waals surface area contributed by atoms with Crippen LogP contribution >= 0.6 is 0 Å². The van der Waals surface area contributed by atoms with E-state index in [1.54, 1.807) is 24.3 Å². The van der Waals surface area contributed by atoms with Crippen LogP contribution in [-0.4, -0.2) is 39.8 Å². The van der Waals surface area contributed by atoms with Crippen LogP contribution in [0.25, 0.3) is 22.1 Å². The maximum atomic E-state index is 13.3. The van der Waals surface area contributed by atoms with Crippen molar-refractivity contribution in [3.63, 3.8) is 0 Å². The highest BCUT2D eigenvalue weighted by Gasteiger charge is 2.41. The molecule has 0 radical (unpaired) electrons. The number of benzene rings is 1. The Morgan fingerprint density at radius 2 is 2.07 bits per heavy atom. The molecule has 3 aromatic rings. The van der Waals surface area contributed by atoms with Crippen LogP contribution in [0.4, 0.5) is 19.0 Å². The molecule has 3 heterocycles. The summed E-state index contributed by atoms with van der Waals surface area (Å²) in [5, 5.41) is 10.0. The predicted octanol–water partition coefficient (Wildman–Crippen LogP) is 4.10. The molecule has 9 heteroatoms. The molecule has 0 saturated carbocycles. The van der Waals surface area contributed by atoms with E-state index in [1.165, 1.54) is 4.90 Å². The monoisotopic (exact) mass is 379 g/mol. The number of carboxylic acid groups (broad SMARTS) is 1. The van der Waals surface area contributed by atoms with Crippen molar-refractivity contribution in [1.82, 2.24) is 9.97 Å². The summed E-state index contributed by atoms with van der Waals surface area (Å²) in [6.07, 6.45) is -3.51. The van der Waals surface area contributed by atoms with Crippen LogP contribution in [0.2, 0.25) is 0 Å². The van der Waals surface area contributed by atoms with Gasteiger partial charge in [-0.2, -0.15) is 13.2 Å². The van der Waals surface area contributed by atoms with E-state index >= 15 is 0 Å². The minimum absolute atomic E-state index is 0.104. The normalized spacial score (nSPS) is 19.1. The van der Waals surface area contributed by atoms with E-state index in [1.807, 2.05) is 0 Å². The molecule has 142 valence electrons. The van der Waals surface area contributed by atoms with Gasteiger partial charge in [-0.1, -0.05) is 12.1 Å². The molecule has 0 bridgehead atoms. The average molecular weight is 379 g/mol. The third-order valence-corrected chi connectivity index (χ3v) is 4.91. The molecule has 1 aliphatic rings. The van der Waals surface area contributed by atoms with E-state index in [0.717, 1.165) is 6.92 Å². The van der Waals surface area contributed by atoms with Gasteiger partial charge in [0.25, 0.3) is 0 Å². The van der Waals surface area contributed by atoms with Crippen molar-refractivity contribution < 1.29 is 27.5 Å². The first-order chi connectivity index (χ1) is 12.8. The van der Waals surface area contributed by atoms with Crippen molar-refractivity contribution in [1.29, 1.82) is 0 Å². The molecular weight excluding hydrogens is 363 g/mol. The summed E-state index contributed by atoms with van der Waals surface area (Å²) in [6.45, 7) is 1.37. The number of hydrogen-bond donors (Lipinski definition) is 1. The zero-order chi connectivity index (χ0) is 19.3. The number of fused-ring (bicyclic) bond motifs is 3. The quantitative estimate of drug-likeness (QED) is 0.738. The highest BCUT2D eigenvalue weighted by atomic mass is 19.4. The van der Waals surface area contributed by atoms with Gasteiger partial charge < -0.3 is 14.4 Å². The number of para-hydroxylation sites is 1. The summed E-state index contributed by atoms with van der Waals surface area (Å²) in [7, 11) is 0. The van der Waals surface area contributed by atoms with Crippen LogP contribution in [0.1, 0.15) is 31.5 Å². The lowest BCUT2D eigenvalue weighted by molar-refractivity contribution is -0.148. The minimum atomic E-state index is -4.51. The maximum absolute atomic E-state index is 13.3. The summed E-state index contributed by atoms with van der Waals surface area (Å²) < 4.78 is 45.6. The number of alkyl halides is 3. The molecule has 4 rings (SSSR count). The number of carboxylic acids is 1. The second kappa shape index (κ2) is 6.11. The van der Waals surface area contributed by atoms with E-state index in [-0.39, 0.29) is 16.9 Å². The van der Waals surface area contributed by atoms with Crippen molar-refractivity contribution in [2.24, 2.45) is 0 Å². The Hall–Kier alpha value is -2.84. The second-order valence-electron chi connectivity index (χ2n) is 6.63. The number of anilines is 1. The van der Waals surface area contributed by atoms with Crippen LogP contribution in [0.15, 0.2) is 28.7 Å². The summed E-state index contributed by atoms with van der Waals surface area (Å²) in [4.78, 5) is 21.3. The van der Waals surface area contributed by atoms with Gasteiger partial charge in [0.1, 0.15) is 28.9 Å². The van der Waals surface area contributed by atoms with E-state index in [2.05, 4.69) is 9.97 Å². The van der Waals surface area contributed by atoms with Gasteiger partial charge in [-0.25, -0.2) is 14.8 Å². The first-order valence-corrected chi connectivity index (χ1v) is 8.52. The number of nitrogens with zero attached hydrogens (tertiary/aromatic N) is 3. The van der Waals surface area contributed by atoms with Crippen LogP contribution in [0.5, 0.6) is 0 Å². The van der Waals surface area contributed by atoms with Crippen LogP contribution < -0.4 is 4.90 Å². The summed E-state index contributed by atoms with van der Waals surface area (Å²) >= 11 is 0. The Balaban J connectivity index is 1.99. The van der Waals surface area contributed by atoms with E-state index in [9.17, 15) is 23.1 Å². The van der Waals surface area contributed by atoms with E-state index in [0.29, 0.717) is 30.4 Å². The third kappa shape index (κ3) is 2.87. The standard InChI is InChI=1S/C18H16F3N3O3/c1-9(18(19,20)21)15-22-13-10-5-2-3-7-12(10)27-14(13)16(23-15)24-8-4-6-11(24)17(25)26/h2-3,5,7,9,11H,4,6,8H2,1H3,(H,25,26). The van der Waals surface area contributed by atoms with Gasteiger partial charge in [0.05, 0.1) is 0 Å². The molecule has 2 aromatic heterocycles. The molecule has 1 saturated heterocycles. The van der Waals surface area contributed by atoms with Crippen molar-refractivity contribution in [2.45, 2.75) is 37.9 Å². The third-order valence-electron chi connectivity index (χ3n) is 4.91. The minimum Gasteiger partial charge on any atom is -0.480 e. The van der Waals surface area contributed by atoms with Crippen molar-refractivity contribution in [2.75, 3.05) is 11.4 Å². The number of furan rings is 1. The SMILES string of the molecule is CC(c1nc(N2CCCC2C(=O)O)c2oc3ccccc3c2n1)C(F)(F)F. The molecule has 1 fully saturated rings. The first kappa shape index (κ1) is 17.6. The molecule has 6 nitrogen and oxygen atoms in total. The smallest absolute Gasteiger partial charge is 0.398 e. The number of halogens is 3. The van der Waals surface area contributed by atoms with Crippen molar-refractivity contribution >= 4 is 33.9 Å². The maximum Gasteiger partial charge on any atom is 0.398 e. The van der Waals surface area contributed by atoms with Gasteiger partial charge in [0.2, 0.25) is 0 Å². The molecule has 0 spiro atoms. The lowest BCUT2D eigenvalue weighted by atomic mass is 10.1. The molecule has 0 amide bonds. The van der Waals surface area contributed by atoms with Gasteiger partial charge in [-0.15, -0.1) is 0 Å². The van der Waals surface area contributed by atoms with Gasteiger partial charge in [-0.05, 0) is 31.9 Å².